The number of halogens is 1. The third kappa shape index (κ3) is 1.14. The van der Waals surface area contributed by atoms with Gasteiger partial charge in [0.1, 0.15) is 12.6 Å². The molecule has 0 N–H and O–H groups in total. The van der Waals surface area contributed by atoms with E-state index >= 15 is 0 Å². The Morgan fingerprint density at radius 1 is 1.75 bits per heavy atom. The molecule has 0 aromatic carbocycles. The minimum absolute atomic E-state index is 0.143. The summed E-state index contributed by atoms with van der Waals surface area (Å²) >= 11 is 5.81. The van der Waals surface area contributed by atoms with Gasteiger partial charge >= 0.3 is 0 Å². The molecule has 4 heteroatoms. The zero-order valence-corrected chi connectivity index (χ0v) is 7.29. The van der Waals surface area contributed by atoms with Gasteiger partial charge in [0.15, 0.2) is 0 Å². The van der Waals surface area contributed by atoms with E-state index < -0.39 is 0 Å². The number of carbonyl (C=O) groups excluding carboxylic acids is 1. The van der Waals surface area contributed by atoms with Gasteiger partial charge in [-0.2, -0.15) is 0 Å². The molecule has 1 unspecified atom stereocenters. The molecule has 0 spiro atoms. The van der Waals surface area contributed by atoms with Crippen LogP contribution in [0.2, 0.25) is 0 Å². The molecular weight excluding hydrogens is 176 g/mol. The Labute approximate surface area is 75.5 Å². The lowest BCUT2D eigenvalue weighted by Gasteiger charge is -2.15. The third-order valence-electron chi connectivity index (χ3n) is 2.31. The highest BCUT2D eigenvalue weighted by Crippen LogP contribution is 2.23. The van der Waals surface area contributed by atoms with Crippen molar-refractivity contribution >= 4 is 18.1 Å². The number of nitrogens with zero attached hydrogens (tertiary/aromatic N) is 2. The topological polar surface area (TPSA) is 34.9 Å². The van der Waals surface area contributed by atoms with Gasteiger partial charge in [-0.1, -0.05) is 0 Å². The molecule has 2 rings (SSSR count). The number of aldehydes is 1. The lowest BCUT2D eigenvalue weighted by Crippen LogP contribution is -2.15. The van der Waals surface area contributed by atoms with E-state index in [9.17, 15) is 4.79 Å². The lowest BCUT2D eigenvalue weighted by atomic mass is 9.91. The zero-order chi connectivity index (χ0) is 8.55. The maximum atomic E-state index is 10.5. The Hall–Kier alpha value is -0.830. The molecule has 0 fully saturated rings. The fraction of sp³-hybridized carbons (Fsp3) is 0.500. The van der Waals surface area contributed by atoms with Crippen molar-refractivity contribution in [1.29, 1.82) is 0 Å². The van der Waals surface area contributed by atoms with Crippen LogP contribution >= 0.6 is 11.8 Å². The van der Waals surface area contributed by atoms with E-state index in [4.69, 9.17) is 11.8 Å². The van der Waals surface area contributed by atoms with Crippen molar-refractivity contribution in [2.75, 3.05) is 0 Å². The maximum Gasteiger partial charge on any atom is 0.123 e. The molecule has 3 nitrogen and oxygen atoms in total. The minimum Gasteiger partial charge on any atom is -0.303 e. The van der Waals surface area contributed by atoms with E-state index in [2.05, 4.69) is 4.98 Å². The normalized spacial score (nSPS) is 21.9. The second kappa shape index (κ2) is 2.90. The van der Waals surface area contributed by atoms with Gasteiger partial charge in [-0.05, 0) is 12.8 Å². The van der Waals surface area contributed by atoms with Crippen molar-refractivity contribution in [1.82, 2.24) is 9.07 Å². The van der Waals surface area contributed by atoms with Crippen molar-refractivity contribution in [3.63, 3.8) is 0 Å². The predicted octanol–water partition coefficient (Wildman–Crippen LogP) is 1.19. The van der Waals surface area contributed by atoms with Crippen LogP contribution in [0, 0.1) is 5.92 Å². The van der Waals surface area contributed by atoms with Crippen LogP contribution in [0.5, 0.6) is 0 Å². The first-order chi connectivity index (χ1) is 5.81. The summed E-state index contributed by atoms with van der Waals surface area (Å²) in [6.45, 7) is 0. The van der Waals surface area contributed by atoms with Crippen LogP contribution in [0.4, 0.5) is 0 Å². The summed E-state index contributed by atoms with van der Waals surface area (Å²) in [6.07, 6.45) is 5.12. The molecule has 12 heavy (non-hydrogen) atoms. The number of hydrogen-bond acceptors (Lipinski definition) is 2. The van der Waals surface area contributed by atoms with Crippen LogP contribution in [-0.2, 0) is 17.6 Å². The first-order valence-corrected chi connectivity index (χ1v) is 4.31. The summed E-state index contributed by atoms with van der Waals surface area (Å²) in [4.78, 5) is 14.6. The van der Waals surface area contributed by atoms with Crippen molar-refractivity contribution in [2.45, 2.75) is 19.3 Å². The second-order valence-corrected chi connectivity index (χ2v) is 3.45. The molecular formula is C8H9ClN2O. The Kier molecular flexibility index (Phi) is 1.89. The highest BCUT2D eigenvalue weighted by Gasteiger charge is 2.21. The van der Waals surface area contributed by atoms with Crippen LogP contribution in [-0.4, -0.2) is 15.4 Å². The first kappa shape index (κ1) is 7.80. The van der Waals surface area contributed by atoms with Gasteiger partial charge in [-0.15, -0.1) is 0 Å². The van der Waals surface area contributed by atoms with E-state index in [-0.39, 0.29) is 5.92 Å². The highest BCUT2D eigenvalue weighted by molar-refractivity contribution is 6.15. The largest absolute Gasteiger partial charge is 0.303 e. The summed E-state index contributed by atoms with van der Waals surface area (Å²) in [5.41, 5.74) is 2.04. The van der Waals surface area contributed by atoms with Crippen molar-refractivity contribution in [3.05, 3.63) is 17.7 Å². The molecule has 0 amide bonds. The van der Waals surface area contributed by atoms with E-state index in [0.717, 1.165) is 36.9 Å². The summed E-state index contributed by atoms with van der Waals surface area (Å²) < 4.78 is 1.52. The molecule has 1 atom stereocenters. The average molecular weight is 185 g/mol. The molecule has 1 aliphatic carbocycles. The molecule has 0 aliphatic heterocycles. The van der Waals surface area contributed by atoms with E-state index in [1.54, 1.807) is 6.33 Å². The van der Waals surface area contributed by atoms with Gasteiger partial charge in [0.2, 0.25) is 0 Å². The van der Waals surface area contributed by atoms with Crippen molar-refractivity contribution in [2.24, 2.45) is 5.92 Å². The Morgan fingerprint density at radius 2 is 2.58 bits per heavy atom. The predicted molar refractivity (Wildman–Crippen MR) is 45.1 cm³/mol. The van der Waals surface area contributed by atoms with Gasteiger partial charge in [-0.25, -0.2) is 9.07 Å². The standard InChI is InChI=1S/C8H9ClN2O/c9-11-5-10-7-3-6(4-12)1-2-8(7)11/h4-6H,1-3H2. The quantitative estimate of drug-likeness (QED) is 0.615. The van der Waals surface area contributed by atoms with Crippen molar-refractivity contribution < 1.29 is 4.79 Å². The van der Waals surface area contributed by atoms with Crippen LogP contribution in [0.1, 0.15) is 17.8 Å². The molecule has 0 bridgehead atoms. The molecule has 1 aromatic heterocycles. The summed E-state index contributed by atoms with van der Waals surface area (Å²) in [5, 5.41) is 0. The summed E-state index contributed by atoms with van der Waals surface area (Å²) in [5.74, 6) is 0.143. The van der Waals surface area contributed by atoms with E-state index in [1.165, 1.54) is 4.09 Å². The highest BCUT2D eigenvalue weighted by atomic mass is 35.5. The fourth-order valence-electron chi connectivity index (χ4n) is 1.60. The lowest BCUT2D eigenvalue weighted by molar-refractivity contribution is -0.111. The van der Waals surface area contributed by atoms with Crippen LogP contribution in [0.15, 0.2) is 6.33 Å². The smallest absolute Gasteiger partial charge is 0.123 e. The van der Waals surface area contributed by atoms with Gasteiger partial charge in [-0.3, -0.25) is 0 Å². The molecule has 1 aromatic rings. The van der Waals surface area contributed by atoms with E-state index in [0.29, 0.717) is 0 Å². The number of aromatic nitrogens is 2. The Bertz CT molecular complexity index is 308. The summed E-state index contributed by atoms with van der Waals surface area (Å²) in [7, 11) is 0. The number of fused-ring (bicyclic) bond motifs is 1. The minimum atomic E-state index is 0.143. The summed E-state index contributed by atoms with van der Waals surface area (Å²) in [6, 6.07) is 0. The Balaban J connectivity index is 2.30. The first-order valence-electron chi connectivity index (χ1n) is 3.98. The zero-order valence-electron chi connectivity index (χ0n) is 6.53. The monoisotopic (exact) mass is 184 g/mol. The average Bonchev–Trinajstić information content (AvgIpc) is 2.47. The molecule has 64 valence electrons. The molecule has 0 saturated heterocycles. The van der Waals surface area contributed by atoms with Crippen molar-refractivity contribution in [3.8, 4) is 0 Å². The number of carbonyl (C=O) groups is 1. The van der Waals surface area contributed by atoms with Gasteiger partial charge in [0, 0.05) is 24.1 Å². The third-order valence-corrected chi connectivity index (χ3v) is 2.60. The molecule has 0 saturated carbocycles. The second-order valence-electron chi connectivity index (χ2n) is 3.09. The van der Waals surface area contributed by atoms with Crippen LogP contribution in [0.3, 0.4) is 0 Å². The van der Waals surface area contributed by atoms with Gasteiger partial charge in [0.05, 0.1) is 11.4 Å². The van der Waals surface area contributed by atoms with Crippen LogP contribution in [0.25, 0.3) is 0 Å². The fourth-order valence-corrected chi connectivity index (χ4v) is 1.82. The van der Waals surface area contributed by atoms with Gasteiger partial charge < -0.3 is 4.79 Å². The number of rotatable bonds is 1. The van der Waals surface area contributed by atoms with E-state index in [1.807, 2.05) is 0 Å². The molecule has 1 heterocycles. The molecule has 1 aliphatic rings. The van der Waals surface area contributed by atoms with Gasteiger partial charge in [0.25, 0.3) is 0 Å². The van der Waals surface area contributed by atoms with Crippen LogP contribution < -0.4 is 0 Å². The number of hydrogen-bond donors (Lipinski definition) is 0. The Morgan fingerprint density at radius 3 is 3.33 bits per heavy atom. The SMILES string of the molecule is O=CC1CCc2c(ncn2Cl)C1. The number of imidazole rings is 1. The maximum absolute atomic E-state index is 10.5. The molecule has 0 radical (unpaired) electrons.